The first-order valence-electron chi connectivity index (χ1n) is 12.0. The lowest BCUT2D eigenvalue weighted by molar-refractivity contribution is -0.118. The van der Waals surface area contributed by atoms with Crippen LogP contribution in [0.25, 0.3) is 11.0 Å². The number of nitrogens with one attached hydrogen (secondary N) is 1. The molecule has 8 nitrogen and oxygen atoms in total. The Kier molecular flexibility index (Phi) is 7.22. The number of halogens is 2. The molecule has 2 aromatic heterocycles. The molecule has 35 heavy (non-hydrogen) atoms. The fourth-order valence-electron chi connectivity index (χ4n) is 4.81. The fraction of sp³-hybridized carbons (Fsp3) is 0.440. The topological polar surface area (TPSA) is 83.5 Å². The third-order valence-electron chi connectivity index (χ3n) is 6.63. The predicted molar refractivity (Wildman–Crippen MR) is 139 cm³/mol. The Bertz CT molecular complexity index is 1230. The van der Waals surface area contributed by atoms with Crippen LogP contribution in [-0.2, 0) is 4.79 Å². The van der Waals surface area contributed by atoms with Crippen LogP contribution >= 0.6 is 23.2 Å². The van der Waals surface area contributed by atoms with Gasteiger partial charge in [0.25, 0.3) is 5.91 Å². The summed E-state index contributed by atoms with van der Waals surface area (Å²) in [7, 11) is 0. The van der Waals surface area contributed by atoms with E-state index in [2.05, 4.69) is 20.1 Å². The molecule has 2 fully saturated rings. The minimum atomic E-state index is -0.348. The van der Waals surface area contributed by atoms with Crippen molar-refractivity contribution in [2.45, 2.75) is 38.6 Å². The number of nitrogens with zero attached hydrogens (tertiary/aromatic N) is 5. The third-order valence-corrected chi connectivity index (χ3v) is 7.16. The second kappa shape index (κ2) is 10.5. The average molecular weight is 515 g/mol. The molecule has 0 saturated carbocycles. The van der Waals surface area contributed by atoms with E-state index in [1.165, 1.54) is 25.9 Å². The molecule has 184 valence electrons. The zero-order chi connectivity index (χ0) is 24.4. The number of anilines is 2. The van der Waals surface area contributed by atoms with Gasteiger partial charge in [-0.05, 0) is 76.0 Å². The predicted octanol–water partition coefficient (Wildman–Crippen LogP) is 4.72. The zero-order valence-electron chi connectivity index (χ0n) is 19.6. The van der Waals surface area contributed by atoms with Crippen molar-refractivity contribution >= 4 is 51.9 Å². The first-order chi connectivity index (χ1) is 17.0. The van der Waals surface area contributed by atoms with Crippen LogP contribution < -0.4 is 15.0 Å². The van der Waals surface area contributed by atoms with Crippen molar-refractivity contribution in [3.05, 3.63) is 46.1 Å². The minimum Gasteiger partial charge on any atom is -0.482 e. The van der Waals surface area contributed by atoms with Crippen LogP contribution in [0.15, 0.2) is 30.3 Å². The van der Waals surface area contributed by atoms with Crippen molar-refractivity contribution in [3.63, 3.8) is 0 Å². The van der Waals surface area contributed by atoms with Gasteiger partial charge in [-0.25, -0.2) is 15.0 Å². The summed E-state index contributed by atoms with van der Waals surface area (Å²) in [6.07, 6.45) is 4.94. The summed E-state index contributed by atoms with van der Waals surface area (Å²) < 4.78 is 5.50. The van der Waals surface area contributed by atoms with Crippen LogP contribution in [0.5, 0.6) is 5.75 Å². The molecular formula is C25H28Cl2N6O2. The molecular weight excluding hydrogens is 487 g/mol. The second-order valence-corrected chi connectivity index (χ2v) is 9.89. The maximum atomic E-state index is 12.4. The first-order valence-corrected chi connectivity index (χ1v) is 12.7. The van der Waals surface area contributed by atoms with E-state index >= 15 is 0 Å². The number of aromatic nitrogens is 3. The number of carbonyl (C=O) groups is 1. The maximum absolute atomic E-state index is 12.4. The van der Waals surface area contributed by atoms with Crippen molar-refractivity contribution in [2.24, 2.45) is 0 Å². The van der Waals surface area contributed by atoms with E-state index in [1.54, 1.807) is 24.3 Å². The number of hydrogen-bond donors (Lipinski definition) is 1. The van der Waals surface area contributed by atoms with Crippen molar-refractivity contribution < 1.29 is 9.53 Å². The highest BCUT2D eigenvalue weighted by Crippen LogP contribution is 2.28. The maximum Gasteiger partial charge on any atom is 0.263 e. The number of piperidine rings is 1. The van der Waals surface area contributed by atoms with E-state index in [9.17, 15) is 4.79 Å². The zero-order valence-corrected chi connectivity index (χ0v) is 21.1. The standard InChI is InChI=1S/C25H28Cl2N6O2/c1-16-24-20(29-25(28-16)33-12-8-18(9-13-33)32-10-2-3-11-32)5-7-22(31-24)30-23(34)15-35-21-6-4-17(26)14-19(21)27/h4-7,14,18H,2-3,8-13,15H2,1H3,(H,30,31,34). The van der Waals surface area contributed by atoms with Crippen LogP contribution in [0.1, 0.15) is 31.4 Å². The smallest absolute Gasteiger partial charge is 0.263 e. The SMILES string of the molecule is Cc1nc(N2CCC(N3CCCC3)CC2)nc2ccc(NC(=O)COc3ccc(Cl)cc3Cl)nc12. The minimum absolute atomic E-state index is 0.205. The van der Waals surface area contributed by atoms with Crippen LogP contribution in [0.4, 0.5) is 11.8 Å². The molecule has 0 spiro atoms. The normalized spacial score (nSPS) is 17.2. The van der Waals surface area contributed by atoms with Gasteiger partial charge in [-0.1, -0.05) is 23.2 Å². The molecule has 0 atom stereocenters. The average Bonchev–Trinajstić information content (AvgIpc) is 3.39. The van der Waals surface area contributed by atoms with Gasteiger partial charge in [0.1, 0.15) is 17.1 Å². The highest BCUT2D eigenvalue weighted by molar-refractivity contribution is 6.35. The molecule has 1 aromatic carbocycles. The summed E-state index contributed by atoms with van der Waals surface area (Å²) in [5, 5.41) is 3.60. The van der Waals surface area contributed by atoms with Crippen LogP contribution in [0, 0.1) is 6.92 Å². The Morgan fingerprint density at radius 3 is 2.57 bits per heavy atom. The number of pyridine rings is 1. The van der Waals surface area contributed by atoms with Crippen LogP contribution in [0.2, 0.25) is 10.0 Å². The molecule has 0 unspecified atom stereocenters. The number of amides is 1. The van der Waals surface area contributed by atoms with Gasteiger partial charge >= 0.3 is 0 Å². The molecule has 2 aliphatic heterocycles. The second-order valence-electron chi connectivity index (χ2n) is 9.05. The number of hydrogen-bond acceptors (Lipinski definition) is 7. The summed E-state index contributed by atoms with van der Waals surface area (Å²) in [5.74, 6) is 1.21. The van der Waals surface area contributed by atoms with Gasteiger partial charge in [-0.2, -0.15) is 0 Å². The molecule has 1 amide bonds. The summed E-state index contributed by atoms with van der Waals surface area (Å²) in [6.45, 7) is 6.12. The Morgan fingerprint density at radius 2 is 1.83 bits per heavy atom. The van der Waals surface area contributed by atoms with Gasteiger partial charge in [0.15, 0.2) is 6.61 Å². The molecule has 3 aromatic rings. The van der Waals surface area contributed by atoms with Crippen molar-refractivity contribution in [1.29, 1.82) is 0 Å². The number of ether oxygens (including phenoxy) is 1. The first kappa shape index (κ1) is 24.0. The Hall–Kier alpha value is -2.68. The van der Waals surface area contributed by atoms with Gasteiger partial charge in [-0.3, -0.25) is 4.79 Å². The number of benzene rings is 1. The fourth-order valence-corrected chi connectivity index (χ4v) is 5.27. The molecule has 0 aliphatic carbocycles. The number of fused-ring (bicyclic) bond motifs is 1. The lowest BCUT2D eigenvalue weighted by Crippen LogP contribution is -2.44. The molecule has 2 aliphatic rings. The van der Waals surface area contributed by atoms with Gasteiger partial charge in [0.05, 0.1) is 16.2 Å². The molecule has 0 bridgehead atoms. The van der Waals surface area contributed by atoms with Crippen LogP contribution in [0.3, 0.4) is 0 Å². The monoisotopic (exact) mass is 514 g/mol. The molecule has 4 heterocycles. The third kappa shape index (κ3) is 5.60. The van der Waals surface area contributed by atoms with E-state index in [1.807, 2.05) is 13.0 Å². The lowest BCUT2D eigenvalue weighted by Gasteiger charge is -2.36. The number of rotatable bonds is 6. The number of aryl methyl sites for hydroxylation is 1. The van der Waals surface area contributed by atoms with Gasteiger partial charge in [0, 0.05) is 24.2 Å². The van der Waals surface area contributed by atoms with Crippen LogP contribution in [-0.4, -0.2) is 64.6 Å². The van der Waals surface area contributed by atoms with Crippen molar-refractivity contribution in [1.82, 2.24) is 19.9 Å². The number of carbonyl (C=O) groups excluding carboxylic acids is 1. The highest BCUT2D eigenvalue weighted by atomic mass is 35.5. The largest absolute Gasteiger partial charge is 0.482 e. The summed E-state index contributed by atoms with van der Waals surface area (Å²) in [5.41, 5.74) is 2.21. The summed E-state index contributed by atoms with van der Waals surface area (Å²) >= 11 is 12.0. The van der Waals surface area contributed by atoms with Gasteiger partial charge in [-0.15, -0.1) is 0 Å². The van der Waals surface area contributed by atoms with Crippen molar-refractivity contribution in [3.8, 4) is 5.75 Å². The van der Waals surface area contributed by atoms with E-state index in [-0.39, 0.29) is 12.5 Å². The molecule has 0 radical (unpaired) electrons. The lowest BCUT2D eigenvalue weighted by atomic mass is 10.0. The quantitative estimate of drug-likeness (QED) is 0.509. The van der Waals surface area contributed by atoms with Gasteiger partial charge in [0.2, 0.25) is 5.95 Å². The van der Waals surface area contributed by atoms with Gasteiger partial charge < -0.3 is 19.9 Å². The molecule has 5 rings (SSSR count). The van der Waals surface area contributed by atoms with Crippen molar-refractivity contribution in [2.75, 3.05) is 43.0 Å². The van der Waals surface area contributed by atoms with E-state index < -0.39 is 0 Å². The Morgan fingerprint density at radius 1 is 1.06 bits per heavy atom. The molecule has 10 heteroatoms. The van der Waals surface area contributed by atoms with E-state index in [0.717, 1.165) is 43.1 Å². The summed E-state index contributed by atoms with van der Waals surface area (Å²) in [6, 6.07) is 9.13. The van der Waals surface area contributed by atoms with E-state index in [4.69, 9.17) is 37.9 Å². The molecule has 2 saturated heterocycles. The molecule has 1 N–H and O–H groups in total. The Labute approximate surface area is 214 Å². The number of likely N-dealkylation sites (tertiary alicyclic amines) is 1. The van der Waals surface area contributed by atoms with E-state index in [0.29, 0.717) is 33.2 Å². The summed E-state index contributed by atoms with van der Waals surface area (Å²) in [4.78, 5) is 31.4. The Balaban J connectivity index is 1.22. The highest BCUT2D eigenvalue weighted by Gasteiger charge is 2.27.